The average molecular weight is 595 g/mol. The lowest BCUT2D eigenvalue weighted by Crippen LogP contribution is -2.07. The summed E-state index contributed by atoms with van der Waals surface area (Å²) in [5.74, 6) is 1.62. The van der Waals surface area contributed by atoms with Gasteiger partial charge in [-0.25, -0.2) is 0 Å². The molecular formula is C31H42N6O6. The molecule has 0 atom stereocenters. The van der Waals surface area contributed by atoms with Crippen molar-refractivity contribution in [3.63, 3.8) is 0 Å². The van der Waals surface area contributed by atoms with Gasteiger partial charge in [0.2, 0.25) is 0 Å². The van der Waals surface area contributed by atoms with E-state index in [2.05, 4.69) is 43.4 Å². The highest BCUT2D eigenvalue weighted by Crippen LogP contribution is 2.10. The van der Waals surface area contributed by atoms with Crippen LogP contribution in [-0.4, -0.2) is 88.5 Å². The van der Waals surface area contributed by atoms with Crippen LogP contribution in [0.2, 0.25) is 0 Å². The third-order valence-electron chi connectivity index (χ3n) is 5.79. The van der Waals surface area contributed by atoms with Crippen molar-refractivity contribution >= 4 is 49.2 Å². The Labute approximate surface area is 252 Å². The molecule has 0 aliphatic heterocycles. The van der Waals surface area contributed by atoms with Crippen molar-refractivity contribution in [1.29, 1.82) is 0 Å². The smallest absolute Gasteiger partial charge is 0.306 e. The Kier molecular flexibility index (Phi) is 17.2. The minimum atomic E-state index is -0.323. The van der Waals surface area contributed by atoms with Crippen molar-refractivity contribution in [2.45, 2.75) is 59.2 Å². The molecule has 0 saturated heterocycles. The molecular weight excluding hydrogens is 552 g/mol. The van der Waals surface area contributed by atoms with E-state index in [1.54, 1.807) is 36.7 Å². The van der Waals surface area contributed by atoms with Crippen LogP contribution in [0.4, 0.5) is 0 Å². The molecule has 12 nitrogen and oxygen atoms in total. The van der Waals surface area contributed by atoms with Crippen molar-refractivity contribution in [1.82, 2.24) is 0 Å². The van der Waals surface area contributed by atoms with Crippen molar-refractivity contribution in [2.24, 2.45) is 30.0 Å². The summed E-state index contributed by atoms with van der Waals surface area (Å²) in [5.41, 5.74) is 1.72. The first kappa shape index (κ1) is 34.7. The zero-order valence-electron chi connectivity index (χ0n) is 25.2. The van der Waals surface area contributed by atoms with Crippen molar-refractivity contribution in [2.75, 3.05) is 39.3 Å². The quantitative estimate of drug-likeness (QED) is 0.109. The lowest BCUT2D eigenvalue weighted by atomic mass is 10.2. The molecule has 2 rings (SSSR count). The molecule has 0 unspecified atom stereocenters. The molecule has 12 heteroatoms. The van der Waals surface area contributed by atoms with Gasteiger partial charge in [-0.2, -0.15) is 0 Å². The normalized spacial score (nSPS) is 12.2. The topological polar surface area (TPSA) is 153 Å². The zero-order valence-corrected chi connectivity index (χ0v) is 25.2. The summed E-state index contributed by atoms with van der Waals surface area (Å²) in [6.45, 7) is 14.1. The summed E-state index contributed by atoms with van der Waals surface area (Å²) in [6, 6.07) is 7.05. The third-order valence-corrected chi connectivity index (χ3v) is 5.79. The van der Waals surface area contributed by atoms with Crippen LogP contribution in [0.5, 0.6) is 0 Å². The lowest BCUT2D eigenvalue weighted by Gasteiger charge is -2.03. The van der Waals surface area contributed by atoms with Crippen molar-refractivity contribution < 1.29 is 27.9 Å². The molecule has 0 saturated carbocycles. The Morgan fingerprint density at radius 2 is 1.16 bits per heavy atom. The second-order valence-electron chi connectivity index (χ2n) is 9.48. The molecule has 0 spiro atoms. The fraction of sp³-hybridized carbons (Fsp3) is 0.484. The van der Waals surface area contributed by atoms with E-state index in [-0.39, 0.29) is 38.0 Å². The first-order valence-electron chi connectivity index (χ1n) is 14.2. The number of carbonyl (C=O) groups excluding carboxylic acids is 2. The summed E-state index contributed by atoms with van der Waals surface area (Å²) in [6.07, 6.45) is 5.61. The number of hydrogen-bond donors (Lipinski definition) is 0. The Bertz CT molecular complexity index is 1270. The molecule has 0 aliphatic carbocycles. The van der Waals surface area contributed by atoms with Gasteiger partial charge in [-0.05, 0) is 70.8 Å². The molecule has 2 heterocycles. The van der Waals surface area contributed by atoms with Gasteiger partial charge in [0.05, 0.1) is 51.4 Å². The van der Waals surface area contributed by atoms with Gasteiger partial charge in [0.25, 0.3) is 0 Å². The summed E-state index contributed by atoms with van der Waals surface area (Å²) < 4.78 is 21.8. The Morgan fingerprint density at radius 3 is 1.67 bits per heavy atom. The van der Waals surface area contributed by atoms with E-state index < -0.39 is 0 Å². The van der Waals surface area contributed by atoms with E-state index in [0.717, 1.165) is 17.8 Å². The van der Waals surface area contributed by atoms with Crippen LogP contribution >= 0.6 is 0 Å². The van der Waals surface area contributed by atoms with Crippen LogP contribution < -0.4 is 0 Å². The molecule has 0 fully saturated rings. The molecule has 43 heavy (non-hydrogen) atoms. The largest absolute Gasteiger partial charge is 0.457 e. The molecule has 0 bridgehead atoms. The van der Waals surface area contributed by atoms with Gasteiger partial charge in [-0.15, -0.1) is 0 Å². The maximum atomic E-state index is 12.1. The van der Waals surface area contributed by atoms with Gasteiger partial charge in [0.15, 0.2) is 0 Å². The summed E-state index contributed by atoms with van der Waals surface area (Å²) in [5, 5.41) is 0. The maximum Gasteiger partial charge on any atom is 0.306 e. The van der Waals surface area contributed by atoms with E-state index in [1.807, 2.05) is 13.8 Å². The number of hydrogen-bond acceptors (Lipinski definition) is 12. The zero-order chi connectivity index (χ0) is 31.1. The number of rotatable bonds is 22. The minimum absolute atomic E-state index is 0.0570. The van der Waals surface area contributed by atoms with Gasteiger partial charge in [0, 0.05) is 24.5 Å². The average Bonchev–Trinajstić information content (AvgIpc) is 3.66. The van der Waals surface area contributed by atoms with E-state index >= 15 is 0 Å². The van der Waals surface area contributed by atoms with Crippen molar-refractivity contribution in [3.8, 4) is 0 Å². The van der Waals surface area contributed by atoms with Gasteiger partial charge >= 0.3 is 11.9 Å². The molecule has 0 aliphatic rings. The molecule has 2 aromatic heterocycles. The summed E-state index contributed by atoms with van der Waals surface area (Å²) in [7, 11) is 0. The van der Waals surface area contributed by atoms with Gasteiger partial charge in [-0.3, -0.25) is 34.6 Å². The molecule has 0 aromatic carbocycles. The van der Waals surface area contributed by atoms with Crippen LogP contribution in [0.15, 0.2) is 63.1 Å². The van der Waals surface area contributed by atoms with Gasteiger partial charge in [-0.1, -0.05) is 0 Å². The van der Waals surface area contributed by atoms with Crippen LogP contribution in [0, 0.1) is 0 Å². The predicted octanol–water partition coefficient (Wildman–Crippen LogP) is 4.77. The maximum absolute atomic E-state index is 12.1. The number of carbonyl (C=O) groups is 2. The Morgan fingerprint density at radius 1 is 0.674 bits per heavy atom. The van der Waals surface area contributed by atoms with E-state index in [9.17, 15) is 9.59 Å². The molecule has 0 radical (unpaired) electrons. The number of nitrogens with zero attached hydrogens (tertiary/aromatic N) is 6. The van der Waals surface area contributed by atoms with Gasteiger partial charge in [0.1, 0.15) is 36.3 Å². The lowest BCUT2D eigenvalue weighted by molar-refractivity contribution is -0.146. The van der Waals surface area contributed by atoms with E-state index in [0.29, 0.717) is 75.2 Å². The Balaban J connectivity index is 1.58. The molecule has 2 aromatic rings. The van der Waals surface area contributed by atoms with Crippen LogP contribution in [-0.2, 0) is 32.3 Å². The predicted molar refractivity (Wildman–Crippen MR) is 170 cm³/mol. The Hall–Kier alpha value is -4.48. The second kappa shape index (κ2) is 21.3. The third kappa shape index (κ3) is 16.5. The molecule has 0 amide bonds. The fourth-order valence-electron chi connectivity index (χ4n) is 3.45. The minimum Gasteiger partial charge on any atom is -0.457 e. The summed E-state index contributed by atoms with van der Waals surface area (Å²) in [4.78, 5) is 48.9. The number of esters is 2. The number of ether oxygens (including phenoxy) is 2. The highest BCUT2D eigenvalue weighted by Gasteiger charge is 2.08. The highest BCUT2D eigenvalue weighted by atomic mass is 16.5. The van der Waals surface area contributed by atoms with Crippen LogP contribution in [0.1, 0.15) is 69.0 Å². The van der Waals surface area contributed by atoms with E-state index in [4.69, 9.17) is 18.3 Å². The van der Waals surface area contributed by atoms with Crippen molar-refractivity contribution in [3.05, 3.63) is 47.3 Å². The number of furan rings is 2. The first-order chi connectivity index (χ1) is 20.9. The molecule has 0 N–H and O–H groups in total. The first-order valence-corrected chi connectivity index (χ1v) is 14.2. The van der Waals surface area contributed by atoms with Crippen LogP contribution in [0.3, 0.4) is 0 Å². The second-order valence-corrected chi connectivity index (χ2v) is 9.48. The van der Waals surface area contributed by atoms with E-state index in [1.165, 1.54) is 0 Å². The SMILES string of the molecule is C=NCCC/N=C/c1ccc(COC(=O)CC/C(C)=N\CC/N=C/c2ccc(COC(=O)CC/C(C)=N/CCN=C)o2)o1. The number of aliphatic imine (C=N–C) groups is 6. The van der Waals surface area contributed by atoms with Crippen LogP contribution in [0.25, 0.3) is 0 Å². The highest BCUT2D eigenvalue weighted by molar-refractivity contribution is 5.86. The standard InChI is InChI=1S/C31H42N6O6/c1-24(36-18-16-33-4)6-12-30(38)41-23-29-11-9-27(43-29)21-35-17-19-37-25(2)7-13-31(39)40-22-28-10-8-26(42-28)20-34-15-5-14-32-3/h8-11,20-21H,3-7,12-19,22-23H2,1-2H3/b34-20+,35-21+,36-24+,37-25-. The van der Waals surface area contributed by atoms with Gasteiger partial charge < -0.3 is 23.3 Å². The monoisotopic (exact) mass is 594 g/mol. The summed E-state index contributed by atoms with van der Waals surface area (Å²) >= 11 is 0. The molecule has 232 valence electrons. The fourth-order valence-corrected chi connectivity index (χ4v) is 3.45.